The number of nitrogens with zero attached hydrogens (tertiary/aromatic N) is 6. The predicted octanol–water partition coefficient (Wildman–Crippen LogP) is 0.657. The molecule has 134 valence electrons. The van der Waals surface area contributed by atoms with Crippen molar-refractivity contribution in [2.24, 2.45) is 5.92 Å². The number of piperazine rings is 1. The highest BCUT2D eigenvalue weighted by Gasteiger charge is 2.30. The molecule has 1 saturated carbocycles. The summed E-state index contributed by atoms with van der Waals surface area (Å²) in [6.45, 7) is 3.48. The fourth-order valence-corrected chi connectivity index (χ4v) is 3.96. The van der Waals surface area contributed by atoms with Crippen LogP contribution in [-0.4, -0.2) is 68.4 Å². The lowest BCUT2D eigenvalue weighted by atomic mass is 10.1. The summed E-state index contributed by atoms with van der Waals surface area (Å²) in [5, 5.41) is 14.3. The monoisotopic (exact) mass is 344 g/mol. The molecule has 3 heterocycles. The molecule has 2 aromatic heterocycles. The summed E-state index contributed by atoms with van der Waals surface area (Å²) in [7, 11) is 0. The number of carbonyl (C=O) groups excluding carboxylic acids is 1. The Hall–Kier alpha value is -2.22. The number of hydrogen-bond donors (Lipinski definition) is 1. The van der Waals surface area contributed by atoms with Crippen LogP contribution in [-0.2, 0) is 11.3 Å². The van der Waals surface area contributed by atoms with Crippen LogP contribution in [0.15, 0.2) is 12.5 Å². The molecule has 0 unspecified atom stereocenters. The average Bonchev–Trinajstić information content (AvgIpc) is 3.32. The maximum atomic E-state index is 12.6. The molecular formula is C17H24N6O2. The minimum Gasteiger partial charge on any atom is -0.394 e. The number of carbonyl (C=O) groups is 1. The van der Waals surface area contributed by atoms with Crippen molar-refractivity contribution in [1.82, 2.24) is 24.6 Å². The maximum absolute atomic E-state index is 12.6. The van der Waals surface area contributed by atoms with Crippen molar-refractivity contribution in [2.75, 3.05) is 37.7 Å². The number of rotatable bonds is 4. The Morgan fingerprint density at radius 3 is 2.64 bits per heavy atom. The molecule has 8 heteroatoms. The zero-order chi connectivity index (χ0) is 17.2. The second-order valence-electron chi connectivity index (χ2n) is 6.82. The van der Waals surface area contributed by atoms with E-state index in [1.807, 2.05) is 4.90 Å². The van der Waals surface area contributed by atoms with E-state index < -0.39 is 0 Å². The van der Waals surface area contributed by atoms with Gasteiger partial charge in [0.15, 0.2) is 5.65 Å². The second kappa shape index (κ2) is 6.95. The van der Waals surface area contributed by atoms with Crippen LogP contribution in [0, 0.1) is 5.92 Å². The van der Waals surface area contributed by atoms with Gasteiger partial charge in [-0.05, 0) is 12.8 Å². The molecule has 1 aliphatic carbocycles. The highest BCUT2D eigenvalue weighted by Crippen LogP contribution is 2.28. The number of anilines is 1. The van der Waals surface area contributed by atoms with Crippen LogP contribution in [0.4, 0.5) is 5.82 Å². The van der Waals surface area contributed by atoms with Crippen molar-refractivity contribution in [1.29, 1.82) is 0 Å². The summed E-state index contributed by atoms with van der Waals surface area (Å²) in [5.74, 6) is 1.44. The molecule has 0 bridgehead atoms. The van der Waals surface area contributed by atoms with Crippen molar-refractivity contribution in [2.45, 2.75) is 32.2 Å². The summed E-state index contributed by atoms with van der Waals surface area (Å²) in [4.78, 5) is 25.5. The van der Waals surface area contributed by atoms with Crippen molar-refractivity contribution >= 4 is 22.8 Å². The van der Waals surface area contributed by atoms with E-state index in [4.69, 9.17) is 5.11 Å². The summed E-state index contributed by atoms with van der Waals surface area (Å²) < 4.78 is 1.69. The number of hydrogen-bond acceptors (Lipinski definition) is 6. The van der Waals surface area contributed by atoms with Gasteiger partial charge in [0.2, 0.25) is 5.91 Å². The summed E-state index contributed by atoms with van der Waals surface area (Å²) in [6, 6.07) is 0. The van der Waals surface area contributed by atoms with Gasteiger partial charge in [-0.15, -0.1) is 0 Å². The van der Waals surface area contributed by atoms with Crippen LogP contribution in [0.5, 0.6) is 0 Å². The van der Waals surface area contributed by atoms with Crippen molar-refractivity contribution in [3.8, 4) is 0 Å². The van der Waals surface area contributed by atoms with E-state index in [1.54, 1.807) is 17.2 Å². The van der Waals surface area contributed by atoms with Crippen molar-refractivity contribution in [3.63, 3.8) is 0 Å². The standard InChI is InChI=1S/C17H24N6O2/c24-10-9-23-16-14(11-20-23)15(18-12-19-16)21-5-7-22(8-6-21)17(25)13-3-1-2-4-13/h11-13,24H,1-10H2. The zero-order valence-electron chi connectivity index (χ0n) is 14.3. The van der Waals surface area contributed by atoms with Gasteiger partial charge in [-0.25, -0.2) is 14.6 Å². The van der Waals surface area contributed by atoms with Gasteiger partial charge < -0.3 is 14.9 Å². The number of aromatic nitrogens is 4. The smallest absolute Gasteiger partial charge is 0.225 e. The highest BCUT2D eigenvalue weighted by molar-refractivity contribution is 5.87. The molecule has 0 atom stereocenters. The van der Waals surface area contributed by atoms with Gasteiger partial charge in [0.05, 0.1) is 24.7 Å². The van der Waals surface area contributed by atoms with Gasteiger partial charge in [-0.1, -0.05) is 12.8 Å². The molecule has 0 aromatic carbocycles. The SMILES string of the molecule is O=C(C1CCCC1)N1CCN(c2ncnc3c2cnn3CCO)CC1. The van der Waals surface area contributed by atoms with E-state index in [0.717, 1.165) is 55.9 Å². The van der Waals surface area contributed by atoms with Crippen LogP contribution >= 0.6 is 0 Å². The Balaban J connectivity index is 1.47. The molecule has 2 fully saturated rings. The first-order chi connectivity index (χ1) is 12.3. The van der Waals surface area contributed by atoms with Crippen LogP contribution < -0.4 is 4.90 Å². The average molecular weight is 344 g/mol. The zero-order valence-corrected chi connectivity index (χ0v) is 14.3. The fraction of sp³-hybridized carbons (Fsp3) is 0.647. The quantitative estimate of drug-likeness (QED) is 0.877. The molecule has 4 rings (SSSR count). The topological polar surface area (TPSA) is 87.4 Å². The van der Waals surface area contributed by atoms with Gasteiger partial charge in [0.25, 0.3) is 0 Å². The Morgan fingerprint density at radius 2 is 1.92 bits per heavy atom. The highest BCUT2D eigenvalue weighted by atomic mass is 16.3. The lowest BCUT2D eigenvalue weighted by Crippen LogP contribution is -2.50. The predicted molar refractivity (Wildman–Crippen MR) is 93.2 cm³/mol. The van der Waals surface area contributed by atoms with Crippen molar-refractivity contribution < 1.29 is 9.90 Å². The Bertz CT molecular complexity index is 747. The third-order valence-electron chi connectivity index (χ3n) is 5.32. The summed E-state index contributed by atoms with van der Waals surface area (Å²) in [5.41, 5.74) is 0.739. The van der Waals surface area contributed by atoms with Gasteiger partial charge in [0, 0.05) is 32.1 Å². The number of amides is 1. The lowest BCUT2D eigenvalue weighted by molar-refractivity contribution is -0.135. The van der Waals surface area contributed by atoms with Gasteiger partial charge in [0.1, 0.15) is 12.1 Å². The Morgan fingerprint density at radius 1 is 1.16 bits per heavy atom. The molecule has 0 spiro atoms. The number of aliphatic hydroxyl groups is 1. The number of fused-ring (bicyclic) bond motifs is 1. The van der Waals surface area contributed by atoms with Crippen LogP contribution in [0.25, 0.3) is 11.0 Å². The first kappa shape index (κ1) is 16.3. The Labute approximate surface area is 146 Å². The van der Waals surface area contributed by atoms with Gasteiger partial charge in [-0.3, -0.25) is 4.79 Å². The third-order valence-corrected chi connectivity index (χ3v) is 5.32. The number of aliphatic hydroxyl groups excluding tert-OH is 1. The lowest BCUT2D eigenvalue weighted by Gasteiger charge is -2.36. The van der Waals surface area contributed by atoms with E-state index in [-0.39, 0.29) is 12.5 Å². The first-order valence-electron chi connectivity index (χ1n) is 9.09. The first-order valence-corrected chi connectivity index (χ1v) is 9.09. The summed E-state index contributed by atoms with van der Waals surface area (Å²) in [6.07, 6.45) is 7.78. The summed E-state index contributed by atoms with van der Waals surface area (Å²) >= 11 is 0. The minimum atomic E-state index is 0.0259. The van der Waals surface area contributed by atoms with Gasteiger partial charge >= 0.3 is 0 Å². The molecular weight excluding hydrogens is 320 g/mol. The molecule has 1 saturated heterocycles. The van der Waals surface area contributed by atoms with E-state index in [1.165, 1.54) is 12.8 Å². The van der Waals surface area contributed by atoms with Crippen LogP contribution in [0.2, 0.25) is 0 Å². The van der Waals surface area contributed by atoms with Gasteiger partial charge in [-0.2, -0.15) is 5.10 Å². The van der Waals surface area contributed by atoms with Crippen molar-refractivity contribution in [3.05, 3.63) is 12.5 Å². The second-order valence-corrected chi connectivity index (χ2v) is 6.82. The molecule has 1 N–H and O–H groups in total. The van der Waals surface area contributed by atoms with Crippen LogP contribution in [0.1, 0.15) is 25.7 Å². The molecule has 25 heavy (non-hydrogen) atoms. The minimum absolute atomic E-state index is 0.0259. The van der Waals surface area contributed by atoms with E-state index in [9.17, 15) is 4.79 Å². The molecule has 1 amide bonds. The Kier molecular flexibility index (Phi) is 4.52. The van der Waals surface area contributed by atoms with E-state index >= 15 is 0 Å². The third kappa shape index (κ3) is 3.06. The largest absolute Gasteiger partial charge is 0.394 e. The molecule has 0 radical (unpaired) electrons. The molecule has 2 aromatic rings. The maximum Gasteiger partial charge on any atom is 0.225 e. The van der Waals surface area contributed by atoms with E-state index in [2.05, 4.69) is 20.0 Å². The molecule has 2 aliphatic rings. The fourth-order valence-electron chi connectivity index (χ4n) is 3.96. The van der Waals surface area contributed by atoms with Crippen LogP contribution in [0.3, 0.4) is 0 Å². The molecule has 1 aliphatic heterocycles. The van der Waals surface area contributed by atoms with E-state index in [0.29, 0.717) is 12.5 Å². The normalized spacial score (nSPS) is 19.1. The molecule has 8 nitrogen and oxygen atoms in total.